The van der Waals surface area contributed by atoms with Crippen LogP contribution in [0.2, 0.25) is 0 Å². The average Bonchev–Trinajstić information content (AvgIpc) is 2.91. The van der Waals surface area contributed by atoms with Crippen LogP contribution in [0.5, 0.6) is 0 Å². The third-order valence-electron chi connectivity index (χ3n) is 2.81. The first kappa shape index (κ1) is 12.3. The van der Waals surface area contributed by atoms with Crippen LogP contribution in [0, 0.1) is 0 Å². The highest BCUT2D eigenvalue weighted by Crippen LogP contribution is 2.25. The van der Waals surface area contributed by atoms with Gasteiger partial charge in [0.05, 0.1) is 0 Å². The Morgan fingerprint density at radius 1 is 1.39 bits per heavy atom. The lowest BCUT2D eigenvalue weighted by Gasteiger charge is -2.26. The smallest absolute Gasteiger partial charge is 0.263 e. The summed E-state index contributed by atoms with van der Waals surface area (Å²) in [6.45, 7) is 1.70. The van der Waals surface area contributed by atoms with Crippen LogP contribution in [0.3, 0.4) is 0 Å². The molecule has 2 rings (SSSR count). The number of H-pyrrole nitrogens is 1. The van der Waals surface area contributed by atoms with Crippen LogP contribution in [-0.4, -0.2) is 28.2 Å². The topological polar surface area (TPSA) is 79.9 Å². The van der Waals surface area contributed by atoms with Gasteiger partial charge < -0.3 is 4.74 Å². The first-order valence-corrected chi connectivity index (χ1v) is 5.44. The molecule has 94 valence electrons. The number of anilines is 1. The summed E-state index contributed by atoms with van der Waals surface area (Å²) >= 11 is 0. The van der Waals surface area contributed by atoms with Crippen molar-refractivity contribution in [3.05, 3.63) is 42.2 Å². The van der Waals surface area contributed by atoms with Crippen molar-refractivity contribution in [2.45, 2.75) is 12.5 Å². The minimum Gasteiger partial charge on any atom is -0.364 e. The van der Waals surface area contributed by atoms with E-state index < -0.39 is 5.60 Å². The molecule has 0 unspecified atom stereocenters. The molecule has 1 aromatic carbocycles. The predicted octanol–water partition coefficient (Wildman–Crippen LogP) is 1.30. The summed E-state index contributed by atoms with van der Waals surface area (Å²) in [7, 11) is 1.49. The van der Waals surface area contributed by atoms with E-state index in [1.165, 1.54) is 13.4 Å². The van der Waals surface area contributed by atoms with Crippen LogP contribution in [0.1, 0.15) is 12.5 Å². The molecule has 0 aliphatic rings. The van der Waals surface area contributed by atoms with E-state index in [0.717, 1.165) is 5.56 Å². The van der Waals surface area contributed by atoms with Crippen molar-refractivity contribution < 1.29 is 9.53 Å². The molecule has 0 saturated heterocycles. The fourth-order valence-corrected chi connectivity index (χ4v) is 1.59. The van der Waals surface area contributed by atoms with Crippen LogP contribution in [0.25, 0.3) is 0 Å². The van der Waals surface area contributed by atoms with E-state index in [4.69, 9.17) is 4.74 Å². The number of hydrogen-bond acceptors (Lipinski definition) is 4. The Hall–Kier alpha value is -2.21. The number of ether oxygens (including phenoxy) is 1. The number of aromatic amines is 1. The lowest BCUT2D eigenvalue weighted by atomic mass is 9.95. The van der Waals surface area contributed by atoms with E-state index in [0.29, 0.717) is 5.95 Å². The van der Waals surface area contributed by atoms with Crippen molar-refractivity contribution in [3.8, 4) is 0 Å². The average molecular weight is 246 g/mol. The minimum atomic E-state index is -1.08. The van der Waals surface area contributed by atoms with Crippen molar-refractivity contribution >= 4 is 11.9 Å². The molecule has 0 aliphatic carbocycles. The maximum atomic E-state index is 12.2. The molecule has 1 aromatic heterocycles. The molecule has 6 nitrogen and oxygen atoms in total. The zero-order valence-corrected chi connectivity index (χ0v) is 10.2. The first-order valence-electron chi connectivity index (χ1n) is 5.44. The van der Waals surface area contributed by atoms with Crippen LogP contribution in [0.4, 0.5) is 5.95 Å². The highest BCUT2D eigenvalue weighted by Gasteiger charge is 2.35. The van der Waals surface area contributed by atoms with Gasteiger partial charge in [-0.1, -0.05) is 30.3 Å². The summed E-state index contributed by atoms with van der Waals surface area (Å²) in [5.74, 6) is -0.0212. The van der Waals surface area contributed by atoms with E-state index >= 15 is 0 Å². The van der Waals surface area contributed by atoms with Crippen LogP contribution in [-0.2, 0) is 15.1 Å². The summed E-state index contributed by atoms with van der Waals surface area (Å²) in [5.41, 5.74) is -0.307. The summed E-state index contributed by atoms with van der Waals surface area (Å²) < 4.78 is 5.36. The molecular weight excluding hydrogens is 232 g/mol. The lowest BCUT2D eigenvalue weighted by Crippen LogP contribution is -2.39. The van der Waals surface area contributed by atoms with Gasteiger partial charge in [-0.3, -0.25) is 10.1 Å². The van der Waals surface area contributed by atoms with E-state index in [9.17, 15) is 4.79 Å². The molecule has 0 bridgehead atoms. The predicted molar refractivity (Wildman–Crippen MR) is 65.8 cm³/mol. The van der Waals surface area contributed by atoms with E-state index in [1.807, 2.05) is 30.3 Å². The maximum absolute atomic E-state index is 12.2. The highest BCUT2D eigenvalue weighted by molar-refractivity contribution is 5.96. The van der Waals surface area contributed by atoms with Gasteiger partial charge in [-0.05, 0) is 12.5 Å². The number of methoxy groups -OCH3 is 1. The summed E-state index contributed by atoms with van der Waals surface area (Å²) in [6.07, 6.45) is 1.32. The number of hydrogen-bond donors (Lipinski definition) is 2. The van der Waals surface area contributed by atoms with E-state index in [-0.39, 0.29) is 5.91 Å². The number of carbonyl (C=O) groups is 1. The number of amides is 1. The monoisotopic (exact) mass is 246 g/mol. The zero-order valence-electron chi connectivity index (χ0n) is 10.2. The normalized spacial score (nSPS) is 13.9. The number of aromatic nitrogens is 3. The third-order valence-corrected chi connectivity index (χ3v) is 2.81. The maximum Gasteiger partial charge on any atom is 0.263 e. The summed E-state index contributed by atoms with van der Waals surface area (Å²) in [5, 5.41) is 8.85. The van der Waals surface area contributed by atoms with Gasteiger partial charge in [0.15, 0.2) is 5.60 Å². The highest BCUT2D eigenvalue weighted by atomic mass is 16.5. The van der Waals surface area contributed by atoms with Gasteiger partial charge >= 0.3 is 0 Å². The molecule has 1 atom stereocenters. The van der Waals surface area contributed by atoms with Gasteiger partial charge in [0, 0.05) is 7.11 Å². The largest absolute Gasteiger partial charge is 0.364 e. The SMILES string of the molecule is CO[C@@](C)(C(=O)Nc1ncn[nH]1)c1ccccc1. The molecule has 0 fully saturated rings. The van der Waals surface area contributed by atoms with Crippen molar-refractivity contribution in [2.75, 3.05) is 12.4 Å². The summed E-state index contributed by atoms with van der Waals surface area (Å²) in [6, 6.07) is 9.27. The van der Waals surface area contributed by atoms with E-state index in [1.54, 1.807) is 6.92 Å². The molecule has 1 amide bonds. The number of nitrogens with one attached hydrogen (secondary N) is 2. The Bertz CT molecular complexity index is 512. The third kappa shape index (κ3) is 2.23. The minimum absolute atomic E-state index is 0.291. The molecular formula is C12H14N4O2. The van der Waals surface area contributed by atoms with E-state index in [2.05, 4.69) is 20.5 Å². The quantitative estimate of drug-likeness (QED) is 0.852. The fraction of sp³-hybridized carbons (Fsp3) is 0.250. The van der Waals surface area contributed by atoms with Crippen LogP contribution in [0.15, 0.2) is 36.7 Å². The Balaban J connectivity index is 2.24. The van der Waals surface area contributed by atoms with Crippen molar-refractivity contribution in [1.29, 1.82) is 0 Å². The second-order valence-corrected chi connectivity index (χ2v) is 3.89. The van der Waals surface area contributed by atoms with Gasteiger partial charge in [0.2, 0.25) is 5.95 Å². The Kier molecular flexibility index (Phi) is 3.38. The van der Waals surface area contributed by atoms with Gasteiger partial charge in [-0.2, -0.15) is 10.1 Å². The second kappa shape index (κ2) is 4.97. The van der Waals surface area contributed by atoms with Gasteiger partial charge in [0.25, 0.3) is 5.91 Å². The van der Waals surface area contributed by atoms with Crippen molar-refractivity contribution in [3.63, 3.8) is 0 Å². The molecule has 1 heterocycles. The zero-order chi connectivity index (χ0) is 13.0. The number of rotatable bonds is 4. The second-order valence-electron chi connectivity index (χ2n) is 3.89. The molecule has 0 spiro atoms. The first-order chi connectivity index (χ1) is 8.66. The Morgan fingerprint density at radius 2 is 2.11 bits per heavy atom. The number of carbonyl (C=O) groups excluding carboxylic acids is 1. The molecule has 2 aromatic rings. The molecule has 18 heavy (non-hydrogen) atoms. The molecule has 0 radical (unpaired) electrons. The Labute approximate surface area is 104 Å². The van der Waals surface area contributed by atoms with Crippen LogP contribution >= 0.6 is 0 Å². The lowest BCUT2D eigenvalue weighted by molar-refractivity contribution is -0.136. The molecule has 2 N–H and O–H groups in total. The van der Waals surface area contributed by atoms with Crippen molar-refractivity contribution in [1.82, 2.24) is 15.2 Å². The standard InChI is InChI=1S/C12H14N4O2/c1-12(18-2,9-6-4-3-5-7-9)10(17)15-11-13-8-14-16-11/h3-8H,1-2H3,(H2,13,14,15,16,17)/t12-/m1/s1. The van der Waals surface area contributed by atoms with Gasteiger partial charge in [0.1, 0.15) is 6.33 Å². The van der Waals surface area contributed by atoms with Gasteiger partial charge in [-0.25, -0.2) is 5.10 Å². The van der Waals surface area contributed by atoms with Gasteiger partial charge in [-0.15, -0.1) is 0 Å². The van der Waals surface area contributed by atoms with Crippen LogP contribution < -0.4 is 5.32 Å². The number of benzene rings is 1. The van der Waals surface area contributed by atoms with Crippen molar-refractivity contribution in [2.24, 2.45) is 0 Å². The fourth-order valence-electron chi connectivity index (χ4n) is 1.59. The molecule has 6 heteroatoms. The molecule has 0 aliphatic heterocycles. The summed E-state index contributed by atoms with van der Waals surface area (Å²) in [4.78, 5) is 16.1. The molecule has 0 saturated carbocycles. The number of nitrogens with zero attached hydrogens (tertiary/aromatic N) is 2. The Morgan fingerprint density at radius 3 is 2.67 bits per heavy atom.